The molecule has 0 aliphatic heterocycles. The van der Waals surface area contributed by atoms with E-state index in [9.17, 15) is 22.4 Å². The molecule has 3 aromatic rings. The van der Waals surface area contributed by atoms with Gasteiger partial charge in [0.2, 0.25) is 0 Å². The number of nitrogens with one attached hydrogen (secondary N) is 1. The number of hydrogen-bond acceptors (Lipinski definition) is 4. The maximum atomic E-state index is 13.6. The van der Waals surface area contributed by atoms with E-state index in [4.69, 9.17) is 0 Å². The van der Waals surface area contributed by atoms with Crippen LogP contribution in [0.3, 0.4) is 0 Å². The number of alkyl halides is 7. The molecule has 29 heavy (non-hydrogen) atoms. The average Bonchev–Trinajstić information content (AvgIpc) is 3.00. The van der Waals surface area contributed by atoms with E-state index in [0.29, 0.717) is 5.56 Å². The van der Waals surface area contributed by atoms with Crippen LogP contribution in [-0.4, -0.2) is 43.7 Å². The first-order valence-corrected chi connectivity index (χ1v) is 14.0. The number of hydrogen-bond donors (Lipinski definition) is 1. The molecule has 6 nitrogen and oxygen atoms in total. The van der Waals surface area contributed by atoms with E-state index in [1.54, 1.807) is 19.0 Å². The molecular formula is C18H20F4IN5O. The summed E-state index contributed by atoms with van der Waals surface area (Å²) in [5.41, 5.74) is -0.436. The van der Waals surface area contributed by atoms with Crippen molar-refractivity contribution >= 4 is 36.8 Å². The summed E-state index contributed by atoms with van der Waals surface area (Å²) in [6, 6.07) is 4.87. The van der Waals surface area contributed by atoms with Gasteiger partial charge in [0.1, 0.15) is 0 Å². The number of halogens is 5. The van der Waals surface area contributed by atoms with Crippen molar-refractivity contribution < 1.29 is 17.6 Å². The van der Waals surface area contributed by atoms with Gasteiger partial charge in [-0.2, -0.15) is 0 Å². The number of nitrogens with zero attached hydrogens (tertiary/aromatic N) is 4. The second-order valence-electron chi connectivity index (χ2n) is 6.78. The molecule has 0 amide bonds. The summed E-state index contributed by atoms with van der Waals surface area (Å²) >= 11 is -1.82. The van der Waals surface area contributed by atoms with Gasteiger partial charge in [-0.05, 0) is 0 Å². The predicted molar refractivity (Wildman–Crippen MR) is 113 cm³/mol. The van der Waals surface area contributed by atoms with Crippen LogP contribution in [0, 0.1) is 0 Å². The van der Waals surface area contributed by atoms with Crippen LogP contribution in [0.15, 0.2) is 29.1 Å². The van der Waals surface area contributed by atoms with Gasteiger partial charge in [0, 0.05) is 0 Å². The third-order valence-corrected chi connectivity index (χ3v) is 7.92. The zero-order valence-corrected chi connectivity index (χ0v) is 18.3. The molecule has 0 spiro atoms. The number of aromatic amines is 1. The monoisotopic (exact) mass is 525 g/mol. The van der Waals surface area contributed by atoms with Crippen LogP contribution < -0.4 is 10.5 Å². The molecule has 0 aliphatic carbocycles. The van der Waals surface area contributed by atoms with Gasteiger partial charge in [-0.25, -0.2) is 0 Å². The first kappa shape index (κ1) is 21.5. The topological polar surface area (TPSA) is 66.8 Å². The van der Waals surface area contributed by atoms with Crippen molar-refractivity contribution in [2.45, 2.75) is 16.9 Å². The first-order valence-electron chi connectivity index (χ1n) is 8.45. The van der Waals surface area contributed by atoms with Gasteiger partial charge in [-0.3, -0.25) is 0 Å². The van der Waals surface area contributed by atoms with E-state index in [1.165, 1.54) is 16.8 Å². The van der Waals surface area contributed by atoms with Crippen LogP contribution in [0.2, 0.25) is 0 Å². The van der Waals surface area contributed by atoms with Crippen LogP contribution in [0.1, 0.15) is 20.9 Å². The average molecular weight is 525 g/mol. The Labute approximate surface area is 171 Å². The maximum absolute atomic E-state index is 13.6. The quantitative estimate of drug-likeness (QED) is 0.311. The van der Waals surface area contributed by atoms with Crippen LogP contribution in [0.4, 0.5) is 23.5 Å². The van der Waals surface area contributed by atoms with Crippen molar-refractivity contribution in [3.63, 3.8) is 0 Å². The summed E-state index contributed by atoms with van der Waals surface area (Å²) in [4.78, 5) is 25.2. The molecule has 11 heteroatoms. The molecule has 0 fully saturated rings. The Balaban J connectivity index is 2.23. The molecule has 0 saturated heterocycles. The molecule has 3 rings (SSSR count). The molecule has 0 unspecified atom stereocenters. The molecule has 158 valence electrons. The van der Waals surface area contributed by atoms with Gasteiger partial charge in [-0.1, -0.05) is 0 Å². The molecule has 0 saturated carbocycles. The number of H-pyrrole nitrogens is 1. The van der Waals surface area contributed by atoms with Crippen molar-refractivity contribution in [2.75, 3.05) is 28.9 Å². The SMILES string of the molecule is CN(C)c1nc2c(c(CF)nn2[C@H](c2ccc(C(F)(F)F)cc2)I(C)C)c(=O)[nH]1. The van der Waals surface area contributed by atoms with Gasteiger partial charge >= 0.3 is 171 Å². The molecule has 2 heterocycles. The standard InChI is InChI=1S/C18H20F4IN5O/c1-23(2)14(10-5-7-11(8-6-10)18(20,21)22)28-15-13(12(9-19)26-28)16(29)25-17(24-15)27(3)4/h5-8,14H,9H2,1-4H3,(H,24,25,29)/t14-/m1/s1. The number of fused-ring (bicyclic) bond motifs is 1. The van der Waals surface area contributed by atoms with Crippen molar-refractivity contribution in [1.82, 2.24) is 19.7 Å². The summed E-state index contributed by atoms with van der Waals surface area (Å²) in [6.07, 6.45) is -4.43. The molecule has 1 aromatic carbocycles. The van der Waals surface area contributed by atoms with Crippen molar-refractivity contribution in [1.29, 1.82) is 0 Å². The Bertz CT molecular complexity index is 1070. The van der Waals surface area contributed by atoms with E-state index in [0.717, 1.165) is 12.1 Å². The fourth-order valence-electron chi connectivity index (χ4n) is 2.98. The van der Waals surface area contributed by atoms with Crippen LogP contribution >= 0.6 is 19.8 Å². The van der Waals surface area contributed by atoms with E-state index < -0.39 is 43.8 Å². The fraction of sp³-hybridized carbons (Fsp3) is 0.389. The van der Waals surface area contributed by atoms with Gasteiger partial charge in [0.25, 0.3) is 0 Å². The van der Waals surface area contributed by atoms with Gasteiger partial charge in [0.15, 0.2) is 0 Å². The summed E-state index contributed by atoms with van der Waals surface area (Å²) in [5.74, 6) is 0.285. The fourth-order valence-corrected chi connectivity index (χ4v) is 6.27. The molecular weight excluding hydrogens is 505 g/mol. The Hall–Kier alpha value is -2.18. The van der Waals surface area contributed by atoms with Crippen molar-refractivity contribution in [3.8, 4) is 0 Å². The third kappa shape index (κ3) is 4.09. The van der Waals surface area contributed by atoms with E-state index >= 15 is 0 Å². The second-order valence-corrected chi connectivity index (χ2v) is 12.6. The summed E-state index contributed by atoms with van der Waals surface area (Å²) < 4.78 is 53.5. The molecule has 1 atom stereocenters. The summed E-state index contributed by atoms with van der Waals surface area (Å²) in [6.45, 7) is -0.947. The Kier molecular flexibility index (Phi) is 5.88. The molecule has 2 aromatic heterocycles. The third-order valence-electron chi connectivity index (χ3n) is 4.31. The van der Waals surface area contributed by atoms with E-state index in [-0.39, 0.29) is 26.7 Å². The van der Waals surface area contributed by atoms with Crippen molar-refractivity contribution in [3.05, 3.63) is 51.4 Å². The Morgan fingerprint density at radius 2 is 1.83 bits per heavy atom. The van der Waals surface area contributed by atoms with Gasteiger partial charge in [0.05, 0.1) is 0 Å². The Morgan fingerprint density at radius 1 is 1.21 bits per heavy atom. The second kappa shape index (κ2) is 7.92. The Morgan fingerprint density at radius 3 is 2.31 bits per heavy atom. The normalized spacial score (nSPS) is 13.6. The molecule has 1 N–H and O–H groups in total. The van der Waals surface area contributed by atoms with Crippen LogP contribution in [0.5, 0.6) is 0 Å². The van der Waals surface area contributed by atoms with E-state index in [2.05, 4.69) is 15.1 Å². The van der Waals surface area contributed by atoms with Crippen LogP contribution in [-0.2, 0) is 12.9 Å². The zero-order chi connectivity index (χ0) is 21.5. The summed E-state index contributed by atoms with van der Waals surface area (Å²) in [5, 5.41) is 4.36. The number of benzene rings is 1. The minimum atomic E-state index is -4.43. The van der Waals surface area contributed by atoms with E-state index in [1.807, 2.05) is 9.86 Å². The van der Waals surface area contributed by atoms with Crippen molar-refractivity contribution in [2.24, 2.45) is 0 Å². The molecule has 0 radical (unpaired) electrons. The number of aromatic nitrogens is 4. The number of rotatable bonds is 5. The zero-order valence-electron chi connectivity index (χ0n) is 16.2. The predicted octanol–water partition coefficient (Wildman–Crippen LogP) is 3.99. The van der Waals surface area contributed by atoms with Gasteiger partial charge in [-0.15, -0.1) is 0 Å². The number of anilines is 1. The summed E-state index contributed by atoms with van der Waals surface area (Å²) in [7, 11) is 3.40. The van der Waals surface area contributed by atoms with Crippen LogP contribution in [0.25, 0.3) is 11.0 Å². The molecule has 0 bridgehead atoms. The van der Waals surface area contributed by atoms with Gasteiger partial charge < -0.3 is 0 Å². The minimum absolute atomic E-state index is 0.0336. The molecule has 0 aliphatic rings. The first-order chi connectivity index (χ1) is 13.5.